The average Bonchev–Trinajstić information content (AvgIpc) is 0.706. The van der Waals surface area contributed by atoms with E-state index in [1.807, 2.05) is 194 Å². The molecule has 0 bridgehead atoms. The van der Waals surface area contributed by atoms with E-state index in [4.69, 9.17) is 9.47 Å². The first-order valence-electron chi connectivity index (χ1n) is 36.7. The van der Waals surface area contributed by atoms with Crippen LogP contribution in [0.5, 0.6) is 46.0 Å². The van der Waals surface area contributed by atoms with Crippen LogP contribution in [0, 0.1) is 0 Å². The van der Waals surface area contributed by atoms with E-state index in [-0.39, 0.29) is 79.4 Å². The SMILES string of the molecule is CC(C)(c1ccc(O)cc1)c1ccc(OC(=O)c2c(-c3ccc(C(C)(C)c4ccc(O)cc4)cc3)c(-c3ccc(C(C)(C)c4ccc(O)cc4)cc3)c(C(O)(O)Oc3ccc(C(C)(C)c4ccc(O)cc4)cc3)c(-c3ccc(C(C)(C)c4ccc(O)cc4)cc3)c2-c2ccc(C(C)(C)c3ccc(O)cc3)cc2)cc1. The molecule has 0 aromatic heterocycles. The molecule has 0 radical (unpaired) electrons. The number of aromatic hydroxyl groups is 6. The van der Waals surface area contributed by atoms with Gasteiger partial charge in [0.05, 0.1) is 11.1 Å². The van der Waals surface area contributed by atoms with Gasteiger partial charge in [-0.15, -0.1) is 0 Å². The molecule has 13 aromatic carbocycles. The van der Waals surface area contributed by atoms with Crippen molar-refractivity contribution in [2.24, 2.45) is 0 Å². The molecule has 0 aliphatic carbocycles. The van der Waals surface area contributed by atoms with Gasteiger partial charge in [0.25, 0.3) is 0 Å². The van der Waals surface area contributed by atoms with Crippen LogP contribution in [0.1, 0.15) is 166 Å². The zero-order valence-corrected chi connectivity index (χ0v) is 63.5. The maximum Gasteiger partial charge on any atom is 0.352 e. The number of phenolic OH excluding ortho intramolecular Hbond substituents is 6. The minimum atomic E-state index is -3.29. The third-order valence-electron chi connectivity index (χ3n) is 22.8. The molecule has 13 rings (SSSR count). The minimum absolute atomic E-state index is 0.0666. The summed E-state index contributed by atoms with van der Waals surface area (Å²) in [5, 5.41) is 90.8. The lowest BCUT2D eigenvalue weighted by Crippen LogP contribution is -2.35. The Morgan fingerprint density at radius 3 is 0.596 bits per heavy atom. The maximum absolute atomic E-state index is 17.1. The van der Waals surface area contributed by atoms with Gasteiger partial charge in [-0.3, -0.25) is 0 Å². The summed E-state index contributed by atoms with van der Waals surface area (Å²) in [5.41, 5.74) is 10.1. The van der Waals surface area contributed by atoms with Crippen LogP contribution in [0.3, 0.4) is 0 Å². The van der Waals surface area contributed by atoms with Crippen LogP contribution in [-0.2, 0) is 38.5 Å². The lowest BCUT2D eigenvalue weighted by Gasteiger charge is -2.34. The third-order valence-corrected chi connectivity index (χ3v) is 22.8. The lowest BCUT2D eigenvalue weighted by atomic mass is 9.73. The van der Waals surface area contributed by atoms with Crippen molar-refractivity contribution in [3.8, 4) is 90.5 Å². The normalized spacial score (nSPS) is 12.4. The van der Waals surface area contributed by atoms with Gasteiger partial charge in [0.1, 0.15) is 46.0 Å². The molecule has 0 spiro atoms. The van der Waals surface area contributed by atoms with E-state index >= 15 is 4.79 Å². The molecule has 109 heavy (non-hydrogen) atoms. The summed E-state index contributed by atoms with van der Waals surface area (Å²) in [6.07, 6.45) is 0. The predicted octanol–water partition coefficient (Wildman–Crippen LogP) is 21.9. The van der Waals surface area contributed by atoms with Crippen molar-refractivity contribution in [1.82, 2.24) is 0 Å². The fourth-order valence-corrected chi connectivity index (χ4v) is 15.2. The second kappa shape index (κ2) is 28.9. The highest BCUT2D eigenvalue weighted by molar-refractivity contribution is 6.14. The highest BCUT2D eigenvalue weighted by Crippen LogP contribution is 2.54. The van der Waals surface area contributed by atoms with Gasteiger partial charge >= 0.3 is 11.9 Å². The maximum atomic E-state index is 17.1. The van der Waals surface area contributed by atoms with E-state index in [0.717, 1.165) is 66.8 Å². The summed E-state index contributed by atoms with van der Waals surface area (Å²) in [6, 6.07) is 88.6. The molecule has 0 saturated carbocycles. The first-order valence-corrected chi connectivity index (χ1v) is 36.7. The van der Waals surface area contributed by atoms with Crippen LogP contribution in [0.2, 0.25) is 0 Å². The summed E-state index contributed by atoms with van der Waals surface area (Å²) >= 11 is 0. The number of phenols is 6. The van der Waals surface area contributed by atoms with E-state index in [2.05, 4.69) is 83.1 Å². The second-order valence-electron chi connectivity index (χ2n) is 31.7. The van der Waals surface area contributed by atoms with Crippen LogP contribution < -0.4 is 9.47 Å². The van der Waals surface area contributed by atoms with Crippen LogP contribution in [0.4, 0.5) is 0 Å². The highest BCUT2D eigenvalue weighted by Gasteiger charge is 2.43. The summed E-state index contributed by atoms with van der Waals surface area (Å²) in [6.45, 7) is 25.1. The number of ether oxygens (including phenoxy) is 2. The Morgan fingerprint density at radius 1 is 0.229 bits per heavy atom. The number of hydrogen-bond acceptors (Lipinski definition) is 11. The van der Waals surface area contributed by atoms with Crippen molar-refractivity contribution < 1.29 is 55.1 Å². The van der Waals surface area contributed by atoms with Gasteiger partial charge in [-0.2, -0.15) is 0 Å². The van der Waals surface area contributed by atoms with Gasteiger partial charge in [0.2, 0.25) is 0 Å². The number of hydrogen-bond donors (Lipinski definition) is 8. The zero-order chi connectivity index (χ0) is 77.8. The van der Waals surface area contributed by atoms with Crippen molar-refractivity contribution in [3.05, 3.63) is 369 Å². The molecule has 8 N–H and O–H groups in total. The number of rotatable bonds is 21. The first kappa shape index (κ1) is 75.1. The molecule has 0 saturated heterocycles. The molecule has 550 valence electrons. The van der Waals surface area contributed by atoms with Crippen molar-refractivity contribution in [1.29, 1.82) is 0 Å². The molecule has 0 aliphatic rings. The first-order chi connectivity index (χ1) is 51.6. The highest BCUT2D eigenvalue weighted by atomic mass is 16.8. The van der Waals surface area contributed by atoms with Crippen LogP contribution in [0.15, 0.2) is 291 Å². The zero-order valence-electron chi connectivity index (χ0n) is 63.5. The number of carbonyl (C=O) groups excluding carboxylic acids is 1. The average molecular weight is 1450 g/mol. The Balaban J connectivity index is 1.15. The van der Waals surface area contributed by atoms with Gasteiger partial charge in [-0.25, -0.2) is 4.79 Å². The number of aliphatic hydroxyl groups is 2. The fourth-order valence-electron chi connectivity index (χ4n) is 15.2. The number of benzene rings is 13. The van der Waals surface area contributed by atoms with Gasteiger partial charge in [-0.1, -0.05) is 277 Å². The quantitative estimate of drug-likeness (QED) is 0.0194. The molecule has 0 aliphatic heterocycles. The Kier molecular flexibility index (Phi) is 19.9. The predicted molar refractivity (Wildman–Crippen MR) is 434 cm³/mol. The van der Waals surface area contributed by atoms with Crippen molar-refractivity contribution >= 4 is 5.97 Å². The number of esters is 1. The van der Waals surface area contributed by atoms with E-state index in [1.54, 1.807) is 97.1 Å². The second-order valence-corrected chi connectivity index (χ2v) is 31.7. The Hall–Kier alpha value is -12.2. The molecule has 0 unspecified atom stereocenters. The van der Waals surface area contributed by atoms with E-state index in [0.29, 0.717) is 22.3 Å². The van der Waals surface area contributed by atoms with E-state index in [9.17, 15) is 40.9 Å². The summed E-state index contributed by atoms with van der Waals surface area (Å²) < 4.78 is 13.8. The van der Waals surface area contributed by atoms with Gasteiger partial charge in [0.15, 0.2) is 0 Å². The topological polar surface area (TPSA) is 197 Å². The van der Waals surface area contributed by atoms with Crippen LogP contribution >= 0.6 is 0 Å². The molecule has 0 amide bonds. The van der Waals surface area contributed by atoms with Gasteiger partial charge < -0.3 is 50.3 Å². The van der Waals surface area contributed by atoms with E-state index < -0.39 is 44.4 Å². The molecule has 0 atom stereocenters. The molecular formula is C98H92O11. The smallest absolute Gasteiger partial charge is 0.352 e. The molecule has 0 heterocycles. The summed E-state index contributed by atoms with van der Waals surface area (Å²) in [4.78, 5) is 17.1. The molecule has 11 nitrogen and oxygen atoms in total. The van der Waals surface area contributed by atoms with Crippen LogP contribution in [0.25, 0.3) is 44.5 Å². The third kappa shape index (κ3) is 14.8. The summed E-state index contributed by atoms with van der Waals surface area (Å²) in [5.74, 6) is -2.96. The fraction of sp³-hybridized carbons (Fsp3) is 0.194. The Bertz CT molecular complexity index is 5180. The standard InChI is InChI=1S/C98H92O11/c1-92(2,69-29-45-77(99)46-30-69)65-21-13-61(14-22-65)85-87(63-17-25-67(26-18-63)94(5,6)71-33-49-79(101)50-34-71)90(98(106,107)109-84-59-43-76(44-60-84)97(11,12)74-39-55-82(104)56-40-74)88(64-19-27-68(28-20-64)95(7,8)72-35-51-80(102)52-36-72)86(62-15-23-66(24-16-62)93(3,4)70-31-47-78(100)48-32-70)89(85)91(105)108-83-57-41-75(42-58-83)96(9,10)73-37-53-81(103)54-38-73/h13-60,99-104,106-107H,1-12H3. The molecule has 11 heteroatoms. The largest absolute Gasteiger partial charge is 0.508 e. The van der Waals surface area contributed by atoms with E-state index in [1.165, 1.54) is 0 Å². The monoisotopic (exact) mass is 1440 g/mol. The Labute approximate surface area is 638 Å². The van der Waals surface area contributed by atoms with Crippen molar-refractivity contribution in [2.75, 3.05) is 0 Å². The minimum Gasteiger partial charge on any atom is -0.508 e. The van der Waals surface area contributed by atoms with Crippen LogP contribution in [-0.4, -0.2) is 46.8 Å². The van der Waals surface area contributed by atoms with Gasteiger partial charge in [0, 0.05) is 54.7 Å². The van der Waals surface area contributed by atoms with Crippen molar-refractivity contribution in [3.63, 3.8) is 0 Å². The Morgan fingerprint density at radius 2 is 0.394 bits per heavy atom. The van der Waals surface area contributed by atoms with Gasteiger partial charge in [-0.05, 0) is 186 Å². The van der Waals surface area contributed by atoms with Crippen molar-refractivity contribution in [2.45, 2.75) is 122 Å². The summed E-state index contributed by atoms with van der Waals surface area (Å²) in [7, 11) is 0. The molecule has 0 fully saturated rings. The lowest BCUT2D eigenvalue weighted by molar-refractivity contribution is -0.303. The number of carbonyl (C=O) groups is 1. The molecular weight excluding hydrogens is 1350 g/mol. The molecule has 13 aromatic rings.